The first-order valence-electron chi connectivity index (χ1n) is 8.80. The lowest BCUT2D eigenvalue weighted by Crippen LogP contribution is -2.44. The zero-order chi connectivity index (χ0) is 18.9. The molecule has 2 aliphatic rings. The Morgan fingerprint density at radius 3 is 2.42 bits per heavy atom. The van der Waals surface area contributed by atoms with E-state index in [0.29, 0.717) is 32.7 Å². The summed E-state index contributed by atoms with van der Waals surface area (Å²) in [6.07, 6.45) is -1.66. The van der Waals surface area contributed by atoms with Crippen LogP contribution < -0.4 is 16.0 Å². The van der Waals surface area contributed by atoms with Gasteiger partial charge in [0.2, 0.25) is 5.91 Å². The van der Waals surface area contributed by atoms with Gasteiger partial charge in [-0.15, -0.1) is 0 Å². The number of nitrogens with one attached hydrogen (secondary N) is 3. The number of methoxy groups -OCH3 is 2. The maximum absolute atomic E-state index is 11.8. The Morgan fingerprint density at radius 2 is 1.77 bits per heavy atom. The summed E-state index contributed by atoms with van der Waals surface area (Å²) in [5.41, 5.74) is 0. The molecule has 150 valence electrons. The number of urea groups is 1. The van der Waals surface area contributed by atoms with Gasteiger partial charge >= 0.3 is 6.03 Å². The predicted octanol–water partition coefficient (Wildman–Crippen LogP) is -1.63. The Labute approximate surface area is 152 Å². The average Bonchev–Trinajstić information content (AvgIpc) is 3.12. The summed E-state index contributed by atoms with van der Waals surface area (Å²) in [7, 11) is 3.12. The Balaban J connectivity index is 1.67. The van der Waals surface area contributed by atoms with Crippen molar-refractivity contribution in [3.8, 4) is 0 Å². The first kappa shape index (κ1) is 20.8. The van der Waals surface area contributed by atoms with Crippen LogP contribution in [0, 0.1) is 0 Å². The van der Waals surface area contributed by atoms with Gasteiger partial charge in [0.1, 0.15) is 18.3 Å². The third-order valence-electron chi connectivity index (χ3n) is 4.38. The van der Waals surface area contributed by atoms with Crippen LogP contribution >= 0.6 is 0 Å². The Kier molecular flexibility index (Phi) is 8.52. The maximum Gasteiger partial charge on any atom is 0.314 e. The highest BCUT2D eigenvalue weighted by Gasteiger charge is 2.50. The van der Waals surface area contributed by atoms with Gasteiger partial charge in [0.05, 0.1) is 31.8 Å². The van der Waals surface area contributed by atoms with Crippen molar-refractivity contribution >= 4 is 11.9 Å². The van der Waals surface area contributed by atoms with Crippen LogP contribution in [-0.4, -0.2) is 94.6 Å². The van der Waals surface area contributed by atoms with E-state index in [1.54, 1.807) is 14.2 Å². The van der Waals surface area contributed by atoms with Crippen molar-refractivity contribution in [1.29, 1.82) is 0 Å². The third kappa shape index (κ3) is 6.06. The molecule has 3 amide bonds. The number of fused-ring (bicyclic) bond motifs is 1. The molecule has 0 aromatic heterocycles. The van der Waals surface area contributed by atoms with E-state index in [0.717, 1.165) is 0 Å². The van der Waals surface area contributed by atoms with Crippen LogP contribution in [0.2, 0.25) is 0 Å². The van der Waals surface area contributed by atoms with Gasteiger partial charge < -0.3 is 40.0 Å². The maximum atomic E-state index is 11.8. The van der Waals surface area contributed by atoms with E-state index in [1.807, 2.05) is 0 Å². The highest BCUT2D eigenvalue weighted by Crippen LogP contribution is 2.35. The summed E-state index contributed by atoms with van der Waals surface area (Å²) in [6.45, 7) is 1.91. The molecule has 5 atom stereocenters. The normalized spacial score (nSPS) is 30.0. The molecule has 0 saturated carbocycles. The number of carbonyl (C=O) groups excluding carboxylic acids is 2. The molecule has 0 unspecified atom stereocenters. The molecule has 10 heteroatoms. The molecule has 0 bridgehead atoms. The molecule has 2 rings (SSSR count). The lowest BCUT2D eigenvalue weighted by atomic mass is 10.1. The topological polar surface area (TPSA) is 127 Å². The molecule has 2 heterocycles. The van der Waals surface area contributed by atoms with Gasteiger partial charge in [0, 0.05) is 40.3 Å². The molecule has 4 N–H and O–H groups in total. The van der Waals surface area contributed by atoms with Crippen molar-refractivity contribution in [3.63, 3.8) is 0 Å². The van der Waals surface area contributed by atoms with Crippen LogP contribution in [0.5, 0.6) is 0 Å². The quantitative estimate of drug-likeness (QED) is 0.338. The van der Waals surface area contributed by atoms with Crippen molar-refractivity contribution in [2.75, 3.05) is 47.1 Å². The Hall–Kier alpha value is -1.46. The molecule has 0 radical (unpaired) electrons. The monoisotopic (exact) mass is 375 g/mol. The number of rotatable bonds is 10. The van der Waals surface area contributed by atoms with Crippen LogP contribution in [0.3, 0.4) is 0 Å². The van der Waals surface area contributed by atoms with Crippen LogP contribution in [0.25, 0.3) is 0 Å². The molecule has 0 aromatic carbocycles. The summed E-state index contributed by atoms with van der Waals surface area (Å²) in [6, 6.07) is -0.346. The molecule has 0 aromatic rings. The number of hydrogen-bond donors (Lipinski definition) is 4. The summed E-state index contributed by atoms with van der Waals surface area (Å²) in [5.74, 6) is -0.118. The highest BCUT2D eigenvalue weighted by atomic mass is 16.6. The number of ether oxygens (including phenoxy) is 4. The first-order chi connectivity index (χ1) is 12.5. The van der Waals surface area contributed by atoms with Crippen LogP contribution in [0.4, 0.5) is 4.79 Å². The molecule has 2 fully saturated rings. The smallest absolute Gasteiger partial charge is 0.314 e. The first-order valence-corrected chi connectivity index (χ1v) is 8.80. The lowest BCUT2D eigenvalue weighted by Gasteiger charge is -2.20. The largest absolute Gasteiger partial charge is 0.388 e. The molecule has 2 saturated heterocycles. The van der Waals surface area contributed by atoms with E-state index in [9.17, 15) is 14.7 Å². The van der Waals surface area contributed by atoms with E-state index in [4.69, 9.17) is 18.9 Å². The molecule has 0 aliphatic carbocycles. The number of carbonyl (C=O) groups is 2. The van der Waals surface area contributed by atoms with Gasteiger partial charge in [-0.1, -0.05) is 0 Å². The fourth-order valence-electron chi connectivity index (χ4n) is 3.10. The number of aliphatic hydroxyl groups excluding tert-OH is 1. The Bertz CT molecular complexity index is 463. The molecule has 0 spiro atoms. The molecule has 10 nitrogen and oxygen atoms in total. The van der Waals surface area contributed by atoms with Crippen LogP contribution in [0.1, 0.15) is 12.8 Å². The molecular formula is C16H29N3O7. The fourth-order valence-corrected chi connectivity index (χ4v) is 3.10. The summed E-state index contributed by atoms with van der Waals surface area (Å²) >= 11 is 0. The second kappa shape index (κ2) is 10.6. The Morgan fingerprint density at radius 1 is 1.08 bits per heavy atom. The predicted molar refractivity (Wildman–Crippen MR) is 90.7 cm³/mol. The van der Waals surface area contributed by atoms with Crippen molar-refractivity contribution in [3.05, 3.63) is 0 Å². The minimum atomic E-state index is -0.846. The van der Waals surface area contributed by atoms with Crippen LogP contribution in [0.15, 0.2) is 0 Å². The summed E-state index contributed by atoms with van der Waals surface area (Å²) < 4.78 is 21.3. The lowest BCUT2D eigenvalue weighted by molar-refractivity contribution is -0.124. The van der Waals surface area contributed by atoms with Gasteiger partial charge in [-0.2, -0.15) is 0 Å². The van der Waals surface area contributed by atoms with Crippen LogP contribution in [-0.2, 0) is 23.7 Å². The van der Waals surface area contributed by atoms with Gasteiger partial charge in [0.15, 0.2) is 0 Å². The van der Waals surface area contributed by atoms with E-state index in [2.05, 4.69) is 16.0 Å². The molecule has 26 heavy (non-hydrogen) atoms. The van der Waals surface area contributed by atoms with E-state index >= 15 is 0 Å². The third-order valence-corrected chi connectivity index (χ3v) is 4.38. The fraction of sp³-hybridized carbons (Fsp3) is 0.875. The average molecular weight is 375 g/mol. The number of aliphatic hydroxyl groups is 1. The van der Waals surface area contributed by atoms with Gasteiger partial charge in [-0.3, -0.25) is 4.79 Å². The minimum Gasteiger partial charge on any atom is -0.388 e. The molecular weight excluding hydrogens is 346 g/mol. The second-order valence-corrected chi connectivity index (χ2v) is 6.34. The number of hydrogen-bond acceptors (Lipinski definition) is 7. The van der Waals surface area contributed by atoms with Crippen molar-refractivity contribution < 1.29 is 33.6 Å². The van der Waals surface area contributed by atoms with E-state index in [1.165, 1.54) is 0 Å². The SMILES string of the molecule is COCCNC(=O)C[C@@H]1C[C@H]2O[C@H](CNC(=O)NCCOC)[C@@H](O)[C@H]2O1. The van der Waals surface area contributed by atoms with E-state index in [-0.39, 0.29) is 37.1 Å². The van der Waals surface area contributed by atoms with Gasteiger partial charge in [-0.25, -0.2) is 4.79 Å². The highest BCUT2D eigenvalue weighted by molar-refractivity contribution is 5.76. The van der Waals surface area contributed by atoms with Gasteiger partial charge in [-0.05, 0) is 0 Å². The summed E-state index contributed by atoms with van der Waals surface area (Å²) in [4.78, 5) is 23.4. The second-order valence-electron chi connectivity index (χ2n) is 6.34. The van der Waals surface area contributed by atoms with Crippen molar-refractivity contribution in [2.24, 2.45) is 0 Å². The van der Waals surface area contributed by atoms with E-state index < -0.39 is 18.3 Å². The zero-order valence-corrected chi connectivity index (χ0v) is 15.2. The van der Waals surface area contributed by atoms with Crippen molar-refractivity contribution in [1.82, 2.24) is 16.0 Å². The van der Waals surface area contributed by atoms with Crippen molar-refractivity contribution in [2.45, 2.75) is 43.4 Å². The summed E-state index contributed by atoms with van der Waals surface area (Å²) in [5, 5.41) is 18.4. The zero-order valence-electron chi connectivity index (χ0n) is 15.2. The molecule has 2 aliphatic heterocycles. The number of amides is 3. The standard InChI is InChI=1S/C16H29N3O7/c1-23-5-3-17-13(20)8-10-7-11-15(25-10)14(21)12(26-11)9-19-16(22)18-4-6-24-2/h10-12,14-15,21H,3-9H2,1-2H3,(H,17,20)(H2,18,19,22)/t10-,11+,12+,14+,15-/m0/s1. The van der Waals surface area contributed by atoms with Gasteiger partial charge in [0.25, 0.3) is 0 Å². The minimum absolute atomic E-state index is 0.118.